The summed E-state index contributed by atoms with van der Waals surface area (Å²) in [5.74, 6) is 0. The molecular weight excluding hydrogens is 256 g/mol. The Morgan fingerprint density at radius 1 is 1.00 bits per heavy atom. The van der Waals surface area contributed by atoms with Crippen molar-refractivity contribution in [1.29, 1.82) is 0 Å². The Labute approximate surface area is 128 Å². The fraction of sp³-hybridized carbons (Fsp3) is 0.421. The van der Waals surface area contributed by atoms with Gasteiger partial charge >= 0.3 is 0 Å². The fourth-order valence-corrected chi connectivity index (χ4v) is 2.53. The number of hydrogen-bond donors (Lipinski definition) is 1. The summed E-state index contributed by atoms with van der Waals surface area (Å²) in [6, 6.07) is 13.6. The highest BCUT2D eigenvalue weighted by molar-refractivity contribution is 5.29. The van der Waals surface area contributed by atoms with Crippen molar-refractivity contribution in [2.75, 3.05) is 6.54 Å². The maximum absolute atomic E-state index is 4.11. The van der Waals surface area contributed by atoms with E-state index in [1.807, 2.05) is 12.4 Å². The van der Waals surface area contributed by atoms with Crippen LogP contribution in [0, 0.1) is 0 Å². The van der Waals surface area contributed by atoms with Gasteiger partial charge < -0.3 is 5.32 Å². The summed E-state index contributed by atoms with van der Waals surface area (Å²) in [4.78, 5) is 4.11. The van der Waals surface area contributed by atoms with Crippen LogP contribution in [0.5, 0.6) is 0 Å². The third-order valence-corrected chi connectivity index (χ3v) is 3.82. The average molecular weight is 282 g/mol. The van der Waals surface area contributed by atoms with Crippen LogP contribution in [0.1, 0.15) is 50.4 Å². The van der Waals surface area contributed by atoms with E-state index in [4.69, 9.17) is 0 Å². The first-order valence-electron chi connectivity index (χ1n) is 7.73. The van der Waals surface area contributed by atoms with Gasteiger partial charge in [0.15, 0.2) is 0 Å². The van der Waals surface area contributed by atoms with Crippen molar-refractivity contribution < 1.29 is 0 Å². The van der Waals surface area contributed by atoms with E-state index in [9.17, 15) is 0 Å². The Bertz CT molecular complexity index is 538. The van der Waals surface area contributed by atoms with Crippen LogP contribution >= 0.6 is 0 Å². The Kier molecular flexibility index (Phi) is 5.13. The molecule has 2 aromatic rings. The van der Waals surface area contributed by atoms with Gasteiger partial charge in [-0.3, -0.25) is 4.98 Å². The van der Waals surface area contributed by atoms with E-state index in [0.29, 0.717) is 6.04 Å². The highest BCUT2D eigenvalue weighted by atomic mass is 14.9. The van der Waals surface area contributed by atoms with Crippen LogP contribution in [0.3, 0.4) is 0 Å². The van der Waals surface area contributed by atoms with Crippen molar-refractivity contribution in [2.24, 2.45) is 0 Å². The number of pyridine rings is 1. The monoisotopic (exact) mass is 282 g/mol. The number of hydrogen-bond acceptors (Lipinski definition) is 2. The molecule has 0 aliphatic heterocycles. The molecule has 0 bridgehead atoms. The van der Waals surface area contributed by atoms with Crippen LogP contribution in [0.2, 0.25) is 0 Å². The molecule has 1 atom stereocenters. The van der Waals surface area contributed by atoms with Gasteiger partial charge in [0.2, 0.25) is 0 Å². The SMILES string of the molecule is CCNC(Cc1ccc(C(C)(C)C)cc1)c1ccncc1. The van der Waals surface area contributed by atoms with Gasteiger partial charge in [0.05, 0.1) is 0 Å². The predicted octanol–water partition coefficient (Wildman–Crippen LogP) is 4.27. The third-order valence-electron chi connectivity index (χ3n) is 3.82. The molecule has 2 heteroatoms. The molecule has 0 aliphatic rings. The molecule has 1 aromatic heterocycles. The predicted molar refractivity (Wildman–Crippen MR) is 89.5 cm³/mol. The van der Waals surface area contributed by atoms with Gasteiger partial charge in [-0.1, -0.05) is 52.0 Å². The summed E-state index contributed by atoms with van der Waals surface area (Å²) >= 11 is 0. The standard InChI is InChI=1S/C19H26N2/c1-5-21-18(16-10-12-20-13-11-16)14-15-6-8-17(9-7-15)19(2,3)4/h6-13,18,21H,5,14H2,1-4H3. The molecule has 1 heterocycles. The van der Waals surface area contributed by atoms with Crippen molar-refractivity contribution >= 4 is 0 Å². The number of rotatable bonds is 5. The molecule has 0 saturated heterocycles. The van der Waals surface area contributed by atoms with Gasteiger partial charge in [-0.05, 0) is 47.2 Å². The highest BCUT2D eigenvalue weighted by Crippen LogP contribution is 2.24. The average Bonchev–Trinajstić information content (AvgIpc) is 2.47. The Hall–Kier alpha value is -1.67. The Balaban J connectivity index is 2.14. The summed E-state index contributed by atoms with van der Waals surface area (Å²) in [5.41, 5.74) is 4.26. The summed E-state index contributed by atoms with van der Waals surface area (Å²) in [6.45, 7) is 9.87. The lowest BCUT2D eigenvalue weighted by Crippen LogP contribution is -2.23. The molecule has 0 amide bonds. The Morgan fingerprint density at radius 2 is 1.62 bits per heavy atom. The molecule has 0 radical (unpaired) electrons. The second-order valence-corrected chi connectivity index (χ2v) is 6.54. The van der Waals surface area contributed by atoms with Crippen molar-refractivity contribution in [3.8, 4) is 0 Å². The zero-order chi connectivity index (χ0) is 15.3. The van der Waals surface area contributed by atoms with Crippen molar-refractivity contribution in [3.63, 3.8) is 0 Å². The summed E-state index contributed by atoms with van der Waals surface area (Å²) in [7, 11) is 0. The minimum absolute atomic E-state index is 0.213. The normalized spacial score (nSPS) is 13.1. The molecule has 1 aromatic carbocycles. The molecule has 21 heavy (non-hydrogen) atoms. The molecule has 1 unspecified atom stereocenters. The lowest BCUT2D eigenvalue weighted by molar-refractivity contribution is 0.548. The number of benzene rings is 1. The summed E-state index contributed by atoms with van der Waals surface area (Å²) in [6.07, 6.45) is 4.73. The van der Waals surface area contributed by atoms with Gasteiger partial charge in [-0.2, -0.15) is 0 Å². The zero-order valence-corrected chi connectivity index (χ0v) is 13.6. The van der Waals surface area contributed by atoms with Crippen molar-refractivity contribution in [2.45, 2.75) is 45.6 Å². The van der Waals surface area contributed by atoms with E-state index in [1.165, 1.54) is 16.7 Å². The molecule has 0 spiro atoms. The lowest BCUT2D eigenvalue weighted by Gasteiger charge is -2.21. The first kappa shape index (κ1) is 15.7. The molecule has 2 nitrogen and oxygen atoms in total. The molecule has 1 N–H and O–H groups in total. The molecular formula is C19H26N2. The Morgan fingerprint density at radius 3 is 2.14 bits per heavy atom. The minimum atomic E-state index is 0.213. The zero-order valence-electron chi connectivity index (χ0n) is 13.6. The quantitative estimate of drug-likeness (QED) is 0.885. The van der Waals surface area contributed by atoms with E-state index < -0.39 is 0 Å². The summed E-state index contributed by atoms with van der Waals surface area (Å²) < 4.78 is 0. The maximum Gasteiger partial charge on any atom is 0.0361 e. The van der Waals surface area contributed by atoms with Crippen molar-refractivity contribution in [3.05, 3.63) is 65.5 Å². The number of likely N-dealkylation sites (N-methyl/N-ethyl adjacent to an activating group) is 1. The van der Waals surface area contributed by atoms with Gasteiger partial charge in [-0.25, -0.2) is 0 Å². The molecule has 0 saturated carbocycles. The van der Waals surface area contributed by atoms with Gasteiger partial charge in [-0.15, -0.1) is 0 Å². The highest BCUT2D eigenvalue weighted by Gasteiger charge is 2.14. The molecule has 0 aliphatic carbocycles. The molecule has 0 fully saturated rings. The second-order valence-electron chi connectivity index (χ2n) is 6.54. The number of nitrogens with zero attached hydrogens (tertiary/aromatic N) is 1. The van der Waals surface area contributed by atoms with Gasteiger partial charge in [0, 0.05) is 18.4 Å². The van der Waals surface area contributed by atoms with Crippen molar-refractivity contribution in [1.82, 2.24) is 10.3 Å². The minimum Gasteiger partial charge on any atom is -0.310 e. The van der Waals surface area contributed by atoms with E-state index in [1.54, 1.807) is 0 Å². The topological polar surface area (TPSA) is 24.9 Å². The number of nitrogens with one attached hydrogen (secondary N) is 1. The van der Waals surface area contributed by atoms with E-state index in [2.05, 4.69) is 74.4 Å². The first-order valence-corrected chi connectivity index (χ1v) is 7.73. The summed E-state index contributed by atoms with van der Waals surface area (Å²) in [5, 5.41) is 3.56. The third kappa shape index (κ3) is 4.40. The van der Waals surface area contributed by atoms with Gasteiger partial charge in [0.1, 0.15) is 0 Å². The van der Waals surface area contributed by atoms with Gasteiger partial charge in [0.25, 0.3) is 0 Å². The van der Waals surface area contributed by atoms with Crippen LogP contribution in [0.15, 0.2) is 48.8 Å². The van der Waals surface area contributed by atoms with Crippen LogP contribution in [-0.2, 0) is 11.8 Å². The van der Waals surface area contributed by atoms with Crippen LogP contribution in [0.25, 0.3) is 0 Å². The maximum atomic E-state index is 4.11. The largest absolute Gasteiger partial charge is 0.310 e. The lowest BCUT2D eigenvalue weighted by atomic mass is 9.86. The van der Waals surface area contributed by atoms with E-state index in [0.717, 1.165) is 13.0 Å². The smallest absolute Gasteiger partial charge is 0.0361 e. The second kappa shape index (κ2) is 6.86. The number of aromatic nitrogens is 1. The molecule has 112 valence electrons. The van der Waals surface area contributed by atoms with E-state index in [-0.39, 0.29) is 5.41 Å². The molecule has 2 rings (SSSR count). The van der Waals surface area contributed by atoms with Crippen LogP contribution in [-0.4, -0.2) is 11.5 Å². The first-order chi connectivity index (χ1) is 10.0. The fourth-order valence-electron chi connectivity index (χ4n) is 2.53. The van der Waals surface area contributed by atoms with Crippen LogP contribution in [0.4, 0.5) is 0 Å². The van der Waals surface area contributed by atoms with Crippen LogP contribution < -0.4 is 5.32 Å². The van der Waals surface area contributed by atoms with E-state index >= 15 is 0 Å².